The summed E-state index contributed by atoms with van der Waals surface area (Å²) < 4.78 is 1.45. The van der Waals surface area contributed by atoms with E-state index < -0.39 is 0 Å². The largest absolute Gasteiger partial charge is 0.370 e. The number of hydrogen-bond donors (Lipinski definition) is 1. The number of amides is 2. The van der Waals surface area contributed by atoms with E-state index in [2.05, 4.69) is 22.2 Å². The summed E-state index contributed by atoms with van der Waals surface area (Å²) in [7, 11) is 2.07. The van der Waals surface area contributed by atoms with Gasteiger partial charge in [-0.2, -0.15) is 0 Å². The topological polar surface area (TPSA) is 90.3 Å². The van der Waals surface area contributed by atoms with Gasteiger partial charge in [0.25, 0.3) is 5.56 Å². The molecular formula is C21H28N6O3. The molecule has 2 fully saturated rings. The Bertz CT molecular complexity index is 974. The number of piperidine rings is 1. The number of carbonyl (C=O) groups excluding carboxylic acids is 2. The molecule has 2 amide bonds. The summed E-state index contributed by atoms with van der Waals surface area (Å²) in [6, 6.07) is 5.33. The fourth-order valence-electron chi connectivity index (χ4n) is 4.09. The zero-order valence-electron chi connectivity index (χ0n) is 17.3. The van der Waals surface area contributed by atoms with Crippen LogP contribution in [0.4, 0.5) is 5.69 Å². The number of rotatable bonds is 4. The third kappa shape index (κ3) is 4.30. The summed E-state index contributed by atoms with van der Waals surface area (Å²) in [4.78, 5) is 48.0. The summed E-state index contributed by atoms with van der Waals surface area (Å²) in [5.74, 6) is 0.154. The first-order valence-corrected chi connectivity index (χ1v) is 10.5. The molecule has 2 aromatic rings. The minimum atomic E-state index is -0.232. The Morgan fingerprint density at radius 1 is 1.07 bits per heavy atom. The van der Waals surface area contributed by atoms with Gasteiger partial charge in [-0.3, -0.25) is 18.8 Å². The first-order valence-electron chi connectivity index (χ1n) is 10.5. The zero-order valence-corrected chi connectivity index (χ0v) is 17.3. The van der Waals surface area contributed by atoms with Gasteiger partial charge in [-0.25, -0.2) is 4.98 Å². The number of piperazine rings is 1. The normalized spacial score (nSPS) is 18.6. The van der Waals surface area contributed by atoms with Crippen molar-refractivity contribution in [2.45, 2.75) is 12.8 Å². The second-order valence-corrected chi connectivity index (χ2v) is 8.04. The SMILES string of the molecule is CN1CCN(C(=O)C2CCN(C(=O)CNc3cnc4ccccn4c3=O)CC2)CC1. The van der Waals surface area contributed by atoms with Gasteiger partial charge in [-0.15, -0.1) is 0 Å². The standard InChI is InChI=1S/C21H28N6O3/c1-24-10-12-26(13-11-24)20(29)16-5-8-25(9-6-16)19(28)15-22-17-14-23-18-4-2-3-7-27(18)21(17)30/h2-4,7,14,16,22H,5-6,8-13,15H2,1H3. The molecule has 0 radical (unpaired) electrons. The van der Waals surface area contributed by atoms with E-state index in [0.29, 0.717) is 37.3 Å². The van der Waals surface area contributed by atoms with E-state index in [9.17, 15) is 14.4 Å². The highest BCUT2D eigenvalue weighted by Crippen LogP contribution is 2.20. The number of carbonyl (C=O) groups is 2. The van der Waals surface area contributed by atoms with Gasteiger partial charge < -0.3 is 20.0 Å². The van der Waals surface area contributed by atoms with Crippen LogP contribution in [-0.2, 0) is 9.59 Å². The van der Waals surface area contributed by atoms with Gasteiger partial charge in [0.1, 0.15) is 11.3 Å². The van der Waals surface area contributed by atoms with Crippen LogP contribution in [-0.4, -0.2) is 88.8 Å². The van der Waals surface area contributed by atoms with Crippen LogP contribution >= 0.6 is 0 Å². The molecule has 0 aromatic carbocycles. The van der Waals surface area contributed by atoms with E-state index in [0.717, 1.165) is 26.2 Å². The minimum absolute atomic E-state index is 0.000234. The van der Waals surface area contributed by atoms with Crippen LogP contribution in [0.2, 0.25) is 0 Å². The number of hydrogen-bond acceptors (Lipinski definition) is 6. The lowest BCUT2D eigenvalue weighted by Crippen LogP contribution is -2.51. The maximum Gasteiger partial charge on any atom is 0.281 e. The quantitative estimate of drug-likeness (QED) is 0.767. The fourth-order valence-corrected chi connectivity index (χ4v) is 4.09. The molecule has 0 unspecified atom stereocenters. The average Bonchev–Trinajstić information content (AvgIpc) is 2.79. The first-order chi connectivity index (χ1) is 14.5. The molecule has 2 aliphatic rings. The summed E-state index contributed by atoms with van der Waals surface area (Å²) in [5, 5.41) is 2.93. The van der Waals surface area contributed by atoms with E-state index in [4.69, 9.17) is 0 Å². The fraction of sp³-hybridized carbons (Fsp3) is 0.524. The molecule has 0 aliphatic carbocycles. The van der Waals surface area contributed by atoms with Crippen LogP contribution in [0.3, 0.4) is 0 Å². The lowest BCUT2D eigenvalue weighted by atomic mass is 9.95. The molecule has 0 spiro atoms. The average molecular weight is 412 g/mol. The molecule has 0 atom stereocenters. The number of aromatic nitrogens is 2. The van der Waals surface area contributed by atoms with Crippen LogP contribution in [0.25, 0.3) is 5.65 Å². The van der Waals surface area contributed by atoms with Gasteiger partial charge >= 0.3 is 0 Å². The number of likely N-dealkylation sites (N-methyl/N-ethyl adjacent to an activating group) is 1. The summed E-state index contributed by atoms with van der Waals surface area (Å²) in [5.41, 5.74) is 0.628. The van der Waals surface area contributed by atoms with E-state index in [1.807, 2.05) is 11.0 Å². The van der Waals surface area contributed by atoms with Crippen molar-refractivity contribution in [3.63, 3.8) is 0 Å². The number of pyridine rings is 1. The van der Waals surface area contributed by atoms with Crippen molar-refractivity contribution >= 4 is 23.1 Å². The van der Waals surface area contributed by atoms with E-state index in [-0.39, 0.29) is 29.8 Å². The maximum absolute atomic E-state index is 12.7. The molecule has 4 rings (SSSR count). The zero-order chi connectivity index (χ0) is 21.1. The minimum Gasteiger partial charge on any atom is -0.370 e. The smallest absolute Gasteiger partial charge is 0.281 e. The number of anilines is 1. The third-order valence-electron chi connectivity index (χ3n) is 6.06. The highest BCUT2D eigenvalue weighted by molar-refractivity contribution is 5.82. The van der Waals surface area contributed by atoms with E-state index in [1.165, 1.54) is 10.6 Å². The lowest BCUT2D eigenvalue weighted by Gasteiger charge is -2.37. The lowest BCUT2D eigenvalue weighted by molar-refractivity contribution is -0.141. The summed E-state index contributed by atoms with van der Waals surface area (Å²) in [6.45, 7) is 4.57. The predicted octanol–water partition coefficient (Wildman–Crippen LogP) is 0.119. The first kappa shape index (κ1) is 20.3. The Morgan fingerprint density at radius 3 is 2.53 bits per heavy atom. The number of likely N-dealkylation sites (tertiary alicyclic amines) is 1. The molecule has 0 saturated carbocycles. The Kier molecular flexibility index (Phi) is 5.98. The van der Waals surface area contributed by atoms with Crippen molar-refractivity contribution in [1.82, 2.24) is 24.1 Å². The van der Waals surface area contributed by atoms with E-state index >= 15 is 0 Å². The van der Waals surface area contributed by atoms with Crippen LogP contribution in [0, 0.1) is 5.92 Å². The van der Waals surface area contributed by atoms with Crippen molar-refractivity contribution in [3.8, 4) is 0 Å². The van der Waals surface area contributed by atoms with Crippen molar-refractivity contribution in [2.75, 3.05) is 58.2 Å². The predicted molar refractivity (Wildman–Crippen MR) is 113 cm³/mol. The molecule has 2 saturated heterocycles. The van der Waals surface area contributed by atoms with Gasteiger partial charge in [0.15, 0.2) is 0 Å². The second kappa shape index (κ2) is 8.83. The van der Waals surface area contributed by atoms with Crippen molar-refractivity contribution in [1.29, 1.82) is 0 Å². The van der Waals surface area contributed by atoms with Crippen LogP contribution < -0.4 is 10.9 Å². The van der Waals surface area contributed by atoms with Gasteiger partial charge in [0.05, 0.1) is 12.7 Å². The Morgan fingerprint density at radius 2 is 1.80 bits per heavy atom. The Balaban J connectivity index is 1.28. The van der Waals surface area contributed by atoms with Crippen LogP contribution in [0.1, 0.15) is 12.8 Å². The molecule has 30 heavy (non-hydrogen) atoms. The van der Waals surface area contributed by atoms with Gasteiger partial charge in [-0.1, -0.05) is 6.07 Å². The van der Waals surface area contributed by atoms with Crippen molar-refractivity contribution < 1.29 is 9.59 Å². The maximum atomic E-state index is 12.7. The van der Waals surface area contributed by atoms with Gasteiger partial charge in [0.2, 0.25) is 11.8 Å². The number of nitrogens with one attached hydrogen (secondary N) is 1. The molecule has 9 heteroatoms. The van der Waals surface area contributed by atoms with Crippen molar-refractivity contribution in [2.24, 2.45) is 5.92 Å². The summed E-state index contributed by atoms with van der Waals surface area (Å²) in [6.07, 6.45) is 4.50. The summed E-state index contributed by atoms with van der Waals surface area (Å²) >= 11 is 0. The molecule has 1 N–H and O–H groups in total. The molecule has 160 valence electrons. The van der Waals surface area contributed by atoms with Gasteiger partial charge in [-0.05, 0) is 32.0 Å². The molecule has 4 heterocycles. The van der Waals surface area contributed by atoms with E-state index in [1.54, 1.807) is 23.2 Å². The molecule has 2 aromatic heterocycles. The van der Waals surface area contributed by atoms with Crippen LogP contribution in [0.5, 0.6) is 0 Å². The van der Waals surface area contributed by atoms with Crippen LogP contribution in [0.15, 0.2) is 35.4 Å². The van der Waals surface area contributed by atoms with Gasteiger partial charge in [0, 0.05) is 51.4 Å². The molecule has 0 bridgehead atoms. The van der Waals surface area contributed by atoms with Crippen molar-refractivity contribution in [3.05, 3.63) is 40.9 Å². The second-order valence-electron chi connectivity index (χ2n) is 8.04. The number of fused-ring (bicyclic) bond motifs is 1. The Labute approximate surface area is 175 Å². The highest BCUT2D eigenvalue weighted by atomic mass is 16.2. The highest BCUT2D eigenvalue weighted by Gasteiger charge is 2.31. The monoisotopic (exact) mass is 412 g/mol. The third-order valence-corrected chi connectivity index (χ3v) is 6.06. The number of nitrogens with zero attached hydrogens (tertiary/aromatic N) is 5. The Hall–Kier alpha value is -2.94. The molecular weight excluding hydrogens is 384 g/mol. The molecule has 9 nitrogen and oxygen atoms in total. The molecule has 2 aliphatic heterocycles.